The quantitative estimate of drug-likeness (QED) is 0.631. The molecule has 21 heavy (non-hydrogen) atoms. The average Bonchev–Trinajstić information content (AvgIpc) is 2.37. The van der Waals surface area contributed by atoms with Crippen molar-refractivity contribution in [3.63, 3.8) is 0 Å². The summed E-state index contributed by atoms with van der Waals surface area (Å²) in [5.74, 6) is 1.21. The molecule has 0 aliphatic heterocycles. The van der Waals surface area contributed by atoms with Crippen LogP contribution in [0.5, 0.6) is 0 Å². The van der Waals surface area contributed by atoms with E-state index in [0.717, 1.165) is 6.42 Å². The van der Waals surface area contributed by atoms with E-state index in [1.54, 1.807) is 0 Å². The lowest BCUT2D eigenvalue weighted by atomic mass is 9.92. The normalized spacial score (nSPS) is 11.4. The summed E-state index contributed by atoms with van der Waals surface area (Å²) in [6.07, 6.45) is 1.03. The maximum atomic E-state index is 2.35. The molecule has 0 heterocycles. The molecule has 2 aromatic rings. The fraction of sp³-hybridized carbons (Fsp3) is 0.429. The van der Waals surface area contributed by atoms with Crippen LogP contribution in [0.3, 0.4) is 0 Å². The Morgan fingerprint density at radius 2 is 1.05 bits per heavy atom. The van der Waals surface area contributed by atoms with Crippen LogP contribution in [0, 0.1) is 13.8 Å². The van der Waals surface area contributed by atoms with Gasteiger partial charge in [0.1, 0.15) is 0 Å². The zero-order chi connectivity index (χ0) is 15.6. The van der Waals surface area contributed by atoms with Crippen molar-refractivity contribution >= 4 is 0 Å². The second-order valence-electron chi connectivity index (χ2n) is 6.87. The summed E-state index contributed by atoms with van der Waals surface area (Å²) in [6, 6.07) is 13.9. The fourth-order valence-electron chi connectivity index (χ4n) is 3.23. The molecule has 0 aromatic heterocycles. The van der Waals surface area contributed by atoms with Crippen LogP contribution in [-0.4, -0.2) is 0 Å². The zero-order valence-electron chi connectivity index (χ0n) is 14.3. The van der Waals surface area contributed by atoms with Gasteiger partial charge in [0, 0.05) is 0 Å². The van der Waals surface area contributed by atoms with Gasteiger partial charge in [-0.15, -0.1) is 0 Å². The first-order valence-electron chi connectivity index (χ1n) is 8.07. The Morgan fingerprint density at radius 1 is 0.667 bits per heavy atom. The van der Waals surface area contributed by atoms with Gasteiger partial charge in [-0.3, -0.25) is 0 Å². The van der Waals surface area contributed by atoms with E-state index in [0.29, 0.717) is 11.8 Å². The van der Waals surface area contributed by atoms with Crippen molar-refractivity contribution in [1.29, 1.82) is 0 Å². The molecule has 0 unspecified atom stereocenters. The van der Waals surface area contributed by atoms with Crippen LogP contribution in [0.1, 0.15) is 72.9 Å². The molecule has 2 rings (SSSR count). The van der Waals surface area contributed by atoms with Crippen molar-refractivity contribution < 1.29 is 0 Å². The summed E-state index contributed by atoms with van der Waals surface area (Å²) in [4.78, 5) is 0. The zero-order valence-corrected chi connectivity index (χ0v) is 14.3. The lowest BCUT2D eigenvalue weighted by Gasteiger charge is -2.13. The van der Waals surface area contributed by atoms with Gasteiger partial charge in [-0.1, -0.05) is 64.1 Å². The highest BCUT2D eigenvalue weighted by molar-refractivity contribution is 5.38. The Hall–Kier alpha value is -1.56. The topological polar surface area (TPSA) is 0 Å². The molecule has 112 valence electrons. The smallest absolute Gasteiger partial charge is 0.00256 e. The molecule has 0 nitrogen and oxygen atoms in total. The maximum absolute atomic E-state index is 2.35. The van der Waals surface area contributed by atoms with Crippen molar-refractivity contribution in [3.8, 4) is 0 Å². The second-order valence-corrected chi connectivity index (χ2v) is 6.87. The highest BCUT2D eigenvalue weighted by Crippen LogP contribution is 2.24. The second kappa shape index (κ2) is 6.47. The highest BCUT2D eigenvalue weighted by atomic mass is 14.1. The predicted molar refractivity (Wildman–Crippen MR) is 93.3 cm³/mol. The number of rotatable bonds is 4. The standard InChI is InChI=1S/C21H28/c1-14(2)20-9-7-18(11-16(20)5)13-19-8-10-21(15(3)4)17(6)12-19/h7-12,14-15H,13H2,1-6H3. The van der Waals surface area contributed by atoms with Gasteiger partial charge in [0.25, 0.3) is 0 Å². The largest absolute Gasteiger partial charge is 0.0587 e. The Bertz CT molecular complexity index is 562. The van der Waals surface area contributed by atoms with Gasteiger partial charge in [-0.25, -0.2) is 0 Å². The minimum atomic E-state index is 0.603. The van der Waals surface area contributed by atoms with E-state index in [4.69, 9.17) is 0 Å². The van der Waals surface area contributed by atoms with Gasteiger partial charge in [0.05, 0.1) is 0 Å². The van der Waals surface area contributed by atoms with Crippen LogP contribution in [0.25, 0.3) is 0 Å². The SMILES string of the molecule is Cc1cc(Cc2ccc(C(C)C)c(C)c2)ccc1C(C)C. The lowest BCUT2D eigenvalue weighted by Crippen LogP contribution is -1.97. The first-order valence-corrected chi connectivity index (χ1v) is 8.07. The summed E-state index contributed by atoms with van der Waals surface area (Å²) in [7, 11) is 0. The molecular formula is C21H28. The monoisotopic (exact) mass is 280 g/mol. The number of aryl methyl sites for hydroxylation is 2. The molecule has 0 aliphatic rings. The molecule has 0 saturated heterocycles. The van der Waals surface area contributed by atoms with Gasteiger partial charge >= 0.3 is 0 Å². The van der Waals surface area contributed by atoms with E-state index in [1.807, 2.05) is 0 Å². The molecule has 2 aromatic carbocycles. The maximum Gasteiger partial charge on any atom is -0.00256 e. The highest BCUT2D eigenvalue weighted by Gasteiger charge is 2.07. The molecule has 0 N–H and O–H groups in total. The lowest BCUT2D eigenvalue weighted by molar-refractivity contribution is 0.853. The van der Waals surface area contributed by atoms with Gasteiger partial charge in [-0.2, -0.15) is 0 Å². The summed E-state index contributed by atoms with van der Waals surface area (Å²) in [6.45, 7) is 13.5. The molecule has 0 amide bonds. The number of hydrogen-bond acceptors (Lipinski definition) is 0. The summed E-state index contributed by atoms with van der Waals surface area (Å²) in [5, 5.41) is 0. The summed E-state index contributed by atoms with van der Waals surface area (Å²) in [5.41, 5.74) is 8.58. The first-order chi connectivity index (χ1) is 9.88. The first kappa shape index (κ1) is 15.8. The van der Waals surface area contributed by atoms with E-state index in [9.17, 15) is 0 Å². The van der Waals surface area contributed by atoms with Gasteiger partial charge in [0.2, 0.25) is 0 Å². The Kier molecular flexibility index (Phi) is 4.88. The molecule has 0 heteroatoms. The Balaban J connectivity index is 2.22. The van der Waals surface area contributed by atoms with Crippen LogP contribution in [-0.2, 0) is 6.42 Å². The minimum Gasteiger partial charge on any atom is -0.0587 e. The average molecular weight is 280 g/mol. The van der Waals surface area contributed by atoms with Crippen molar-refractivity contribution in [3.05, 3.63) is 69.8 Å². The molecule has 0 radical (unpaired) electrons. The molecule has 0 spiro atoms. The van der Waals surface area contributed by atoms with E-state index in [2.05, 4.69) is 77.9 Å². The van der Waals surface area contributed by atoms with Crippen molar-refractivity contribution in [2.75, 3.05) is 0 Å². The van der Waals surface area contributed by atoms with Crippen LogP contribution >= 0.6 is 0 Å². The third-order valence-corrected chi connectivity index (χ3v) is 4.32. The van der Waals surface area contributed by atoms with Crippen LogP contribution in [0.15, 0.2) is 36.4 Å². The van der Waals surface area contributed by atoms with E-state index in [-0.39, 0.29) is 0 Å². The van der Waals surface area contributed by atoms with Crippen molar-refractivity contribution in [2.45, 2.75) is 59.8 Å². The van der Waals surface area contributed by atoms with Crippen LogP contribution in [0.2, 0.25) is 0 Å². The number of hydrogen-bond donors (Lipinski definition) is 0. The predicted octanol–water partition coefficient (Wildman–Crippen LogP) is 6.14. The minimum absolute atomic E-state index is 0.603. The van der Waals surface area contributed by atoms with Crippen molar-refractivity contribution in [1.82, 2.24) is 0 Å². The van der Waals surface area contributed by atoms with E-state index < -0.39 is 0 Å². The Labute approximate surface area is 130 Å². The van der Waals surface area contributed by atoms with E-state index >= 15 is 0 Å². The third-order valence-electron chi connectivity index (χ3n) is 4.32. The summed E-state index contributed by atoms with van der Waals surface area (Å²) >= 11 is 0. The molecular weight excluding hydrogens is 252 g/mol. The van der Waals surface area contributed by atoms with E-state index in [1.165, 1.54) is 33.4 Å². The third kappa shape index (κ3) is 3.75. The number of benzene rings is 2. The molecule has 0 aliphatic carbocycles. The molecule has 0 atom stereocenters. The molecule has 0 fully saturated rings. The van der Waals surface area contributed by atoms with Crippen molar-refractivity contribution in [2.24, 2.45) is 0 Å². The molecule has 0 bridgehead atoms. The Morgan fingerprint density at radius 3 is 1.33 bits per heavy atom. The van der Waals surface area contributed by atoms with Gasteiger partial charge in [-0.05, 0) is 65.5 Å². The summed E-state index contributed by atoms with van der Waals surface area (Å²) < 4.78 is 0. The fourth-order valence-corrected chi connectivity index (χ4v) is 3.23. The van der Waals surface area contributed by atoms with Crippen LogP contribution < -0.4 is 0 Å². The molecule has 0 saturated carbocycles. The van der Waals surface area contributed by atoms with Crippen LogP contribution in [0.4, 0.5) is 0 Å². The van der Waals surface area contributed by atoms with Gasteiger partial charge in [0.15, 0.2) is 0 Å². The van der Waals surface area contributed by atoms with Gasteiger partial charge < -0.3 is 0 Å².